The lowest BCUT2D eigenvalue weighted by molar-refractivity contribution is 0.205. The maximum atomic E-state index is 12.7. The first-order valence-corrected chi connectivity index (χ1v) is 4.01. The smallest absolute Gasteiger partial charge is 0.114 e. The Hall–Kier alpha value is -0.110. The number of alkyl halides is 1. The molecule has 2 atom stereocenters. The van der Waals surface area contributed by atoms with E-state index in [2.05, 4.69) is 25.7 Å². The van der Waals surface area contributed by atoms with E-state index in [1.54, 1.807) is 0 Å². The van der Waals surface area contributed by atoms with Gasteiger partial charge in [0.25, 0.3) is 0 Å². The second-order valence-corrected chi connectivity index (χ2v) is 3.47. The highest BCUT2D eigenvalue weighted by Gasteiger charge is 2.29. The van der Waals surface area contributed by atoms with Crippen LogP contribution in [0.3, 0.4) is 0 Å². The van der Waals surface area contributed by atoms with E-state index in [1.165, 1.54) is 0 Å². The molecule has 60 valence electrons. The van der Waals surface area contributed by atoms with Crippen LogP contribution in [0, 0.1) is 0 Å². The molecule has 0 unspecified atom stereocenters. The van der Waals surface area contributed by atoms with E-state index in [4.69, 9.17) is 0 Å². The van der Waals surface area contributed by atoms with Crippen molar-refractivity contribution in [3.8, 4) is 0 Å². The number of halogens is 1. The van der Waals surface area contributed by atoms with Crippen molar-refractivity contribution in [2.45, 2.75) is 45.4 Å². The van der Waals surface area contributed by atoms with Gasteiger partial charge in [-0.15, -0.1) is 0 Å². The van der Waals surface area contributed by atoms with Gasteiger partial charge in [-0.25, -0.2) is 4.39 Å². The fourth-order valence-corrected chi connectivity index (χ4v) is 1.71. The zero-order valence-electron chi connectivity index (χ0n) is 6.97. The quantitative estimate of drug-likeness (QED) is 0.544. The summed E-state index contributed by atoms with van der Waals surface area (Å²) in [7, 11) is 0. The summed E-state index contributed by atoms with van der Waals surface area (Å²) in [5, 5.41) is 0. The lowest BCUT2D eigenvalue weighted by Crippen LogP contribution is -2.33. The highest BCUT2D eigenvalue weighted by atomic mass is 19.1. The second kappa shape index (κ2) is 2.87. The Morgan fingerprint density at radius 2 is 2.10 bits per heavy atom. The summed E-state index contributed by atoms with van der Waals surface area (Å²) in [4.78, 5) is 2.21. The molecule has 0 saturated carbocycles. The van der Waals surface area contributed by atoms with Crippen LogP contribution in [0.15, 0.2) is 0 Å². The van der Waals surface area contributed by atoms with Gasteiger partial charge in [0.2, 0.25) is 0 Å². The van der Waals surface area contributed by atoms with Gasteiger partial charge in [-0.05, 0) is 27.2 Å². The van der Waals surface area contributed by atoms with E-state index in [9.17, 15) is 4.39 Å². The molecule has 1 fully saturated rings. The topological polar surface area (TPSA) is 3.24 Å². The third kappa shape index (κ3) is 1.48. The van der Waals surface area contributed by atoms with Crippen LogP contribution in [0.25, 0.3) is 0 Å². The Morgan fingerprint density at radius 1 is 1.50 bits per heavy atom. The second-order valence-electron chi connectivity index (χ2n) is 3.47. The monoisotopic (exact) mass is 145 g/mol. The van der Waals surface area contributed by atoms with E-state index in [0.717, 1.165) is 6.42 Å². The van der Waals surface area contributed by atoms with E-state index >= 15 is 0 Å². The number of hydrogen-bond donors (Lipinski definition) is 0. The van der Waals surface area contributed by atoms with Gasteiger partial charge in [0.1, 0.15) is 6.17 Å². The molecule has 1 aliphatic heterocycles. The summed E-state index contributed by atoms with van der Waals surface area (Å²) in [6, 6.07) is 0.936. The van der Waals surface area contributed by atoms with Crippen LogP contribution < -0.4 is 0 Å². The molecule has 0 bridgehead atoms. The zero-order chi connectivity index (χ0) is 7.72. The number of rotatable bonds is 1. The molecule has 0 aromatic heterocycles. The van der Waals surface area contributed by atoms with Crippen molar-refractivity contribution in [3.05, 3.63) is 0 Å². The van der Waals surface area contributed by atoms with Crippen molar-refractivity contribution in [1.82, 2.24) is 4.90 Å². The van der Waals surface area contributed by atoms with Crippen LogP contribution in [-0.2, 0) is 0 Å². The summed E-state index contributed by atoms with van der Waals surface area (Å²) >= 11 is 0. The average molecular weight is 145 g/mol. The third-order valence-corrected chi connectivity index (χ3v) is 2.24. The highest BCUT2D eigenvalue weighted by molar-refractivity contribution is 4.83. The third-order valence-electron chi connectivity index (χ3n) is 2.24. The van der Waals surface area contributed by atoms with Crippen LogP contribution in [0.2, 0.25) is 0 Å². The molecule has 0 spiro atoms. The van der Waals surface area contributed by atoms with E-state index in [1.807, 2.05) is 0 Å². The summed E-state index contributed by atoms with van der Waals surface area (Å²) in [5.41, 5.74) is 0. The highest BCUT2D eigenvalue weighted by Crippen LogP contribution is 2.21. The fourth-order valence-electron chi connectivity index (χ4n) is 1.71. The summed E-state index contributed by atoms with van der Waals surface area (Å²) in [6.07, 6.45) is 0.135. The molecular formula is C8H16FN. The Labute approximate surface area is 62.2 Å². The maximum absolute atomic E-state index is 12.7. The van der Waals surface area contributed by atoms with Crippen molar-refractivity contribution >= 4 is 0 Å². The van der Waals surface area contributed by atoms with E-state index in [0.29, 0.717) is 18.6 Å². The largest absolute Gasteiger partial charge is 0.295 e. The van der Waals surface area contributed by atoms with Gasteiger partial charge in [-0.1, -0.05) is 0 Å². The Morgan fingerprint density at radius 3 is 2.30 bits per heavy atom. The molecule has 1 rings (SSSR count). The van der Waals surface area contributed by atoms with Crippen molar-refractivity contribution in [2.24, 2.45) is 0 Å². The van der Waals surface area contributed by atoms with Gasteiger partial charge in [-0.3, -0.25) is 4.90 Å². The minimum atomic E-state index is -0.586. The predicted molar refractivity (Wildman–Crippen MR) is 40.8 cm³/mol. The van der Waals surface area contributed by atoms with Crippen LogP contribution in [0.5, 0.6) is 0 Å². The Kier molecular flexibility index (Phi) is 2.29. The van der Waals surface area contributed by atoms with E-state index in [-0.39, 0.29) is 0 Å². The number of hydrogen-bond acceptors (Lipinski definition) is 1. The first-order chi connectivity index (χ1) is 4.61. The van der Waals surface area contributed by atoms with Crippen LogP contribution in [-0.4, -0.2) is 29.7 Å². The molecular weight excluding hydrogens is 129 g/mol. The molecule has 1 heterocycles. The van der Waals surface area contributed by atoms with Gasteiger partial charge in [-0.2, -0.15) is 0 Å². The molecule has 0 aromatic carbocycles. The van der Waals surface area contributed by atoms with Gasteiger partial charge in [0.15, 0.2) is 0 Å². The fraction of sp³-hybridized carbons (Fsp3) is 1.00. The molecule has 0 aliphatic carbocycles. The molecule has 10 heavy (non-hydrogen) atoms. The van der Waals surface area contributed by atoms with E-state index < -0.39 is 6.17 Å². The van der Waals surface area contributed by atoms with Crippen LogP contribution in [0.1, 0.15) is 27.2 Å². The van der Waals surface area contributed by atoms with Gasteiger partial charge in [0.05, 0.1) is 0 Å². The average Bonchev–Trinajstić information content (AvgIpc) is 2.10. The Balaban J connectivity index is 2.46. The first kappa shape index (κ1) is 7.99. The summed E-state index contributed by atoms with van der Waals surface area (Å²) in [5.74, 6) is 0. The zero-order valence-corrected chi connectivity index (χ0v) is 6.97. The molecule has 1 nitrogen and oxygen atoms in total. The standard InChI is InChI=1S/C8H16FN/c1-6(2)10-5-8(9)4-7(10)3/h6-8H,4-5H2,1-3H3/t7-,8+/m1/s1. The minimum absolute atomic E-state index is 0.440. The molecule has 0 radical (unpaired) electrons. The molecule has 1 aliphatic rings. The SMILES string of the molecule is CC(C)N1C[C@@H](F)C[C@H]1C. The maximum Gasteiger partial charge on any atom is 0.114 e. The van der Waals surface area contributed by atoms with Gasteiger partial charge < -0.3 is 0 Å². The van der Waals surface area contributed by atoms with Crippen molar-refractivity contribution in [1.29, 1.82) is 0 Å². The molecule has 2 heteroatoms. The normalized spacial score (nSPS) is 35.7. The van der Waals surface area contributed by atoms with Crippen molar-refractivity contribution in [2.75, 3.05) is 6.54 Å². The summed E-state index contributed by atoms with van der Waals surface area (Å²) < 4.78 is 12.7. The summed E-state index contributed by atoms with van der Waals surface area (Å²) in [6.45, 7) is 6.97. The van der Waals surface area contributed by atoms with Crippen LogP contribution in [0.4, 0.5) is 4.39 Å². The van der Waals surface area contributed by atoms with Gasteiger partial charge in [0, 0.05) is 18.6 Å². The van der Waals surface area contributed by atoms with Crippen molar-refractivity contribution < 1.29 is 4.39 Å². The first-order valence-electron chi connectivity index (χ1n) is 4.01. The lowest BCUT2D eigenvalue weighted by atomic mass is 10.2. The van der Waals surface area contributed by atoms with Crippen LogP contribution >= 0.6 is 0 Å². The molecule has 0 aromatic rings. The van der Waals surface area contributed by atoms with Crippen molar-refractivity contribution in [3.63, 3.8) is 0 Å². The lowest BCUT2D eigenvalue weighted by Gasteiger charge is -2.24. The minimum Gasteiger partial charge on any atom is -0.295 e. The number of likely N-dealkylation sites (tertiary alicyclic amines) is 1. The Bertz CT molecular complexity index is 114. The van der Waals surface area contributed by atoms with Gasteiger partial charge >= 0.3 is 0 Å². The molecule has 1 saturated heterocycles. The molecule has 0 N–H and O–H groups in total. The number of nitrogens with zero attached hydrogens (tertiary/aromatic N) is 1. The predicted octanol–water partition coefficient (Wildman–Crippen LogP) is 1.83. The molecule has 0 amide bonds.